The smallest absolute Gasteiger partial charge is 0.280 e. The van der Waals surface area contributed by atoms with E-state index in [-0.39, 0.29) is 4.34 Å². The fraction of sp³-hybridized carbons (Fsp3) is 0.222. The lowest BCUT2D eigenvalue weighted by molar-refractivity contribution is 0.482. The van der Waals surface area contributed by atoms with Gasteiger partial charge >= 0.3 is 10.1 Å². The summed E-state index contributed by atoms with van der Waals surface area (Å²) in [6, 6.07) is 5.42. The second-order valence-electron chi connectivity index (χ2n) is 3.16. The predicted molar refractivity (Wildman–Crippen MR) is 63.9 cm³/mol. The van der Waals surface area contributed by atoms with Crippen LogP contribution in [0, 0.1) is 0 Å². The monoisotopic (exact) mass is 277 g/mol. The topological polar surface area (TPSA) is 67.3 Å². The van der Waals surface area contributed by atoms with Gasteiger partial charge in [-0.25, -0.2) is 4.98 Å². The minimum absolute atomic E-state index is 0.274. The van der Waals surface area contributed by atoms with E-state index in [0.29, 0.717) is 17.8 Å². The first kappa shape index (κ1) is 11.8. The van der Waals surface area contributed by atoms with Crippen LogP contribution in [0.2, 0.25) is 0 Å². The van der Waals surface area contributed by atoms with E-state index in [4.69, 9.17) is 16.2 Å². The summed E-state index contributed by atoms with van der Waals surface area (Å²) in [6.45, 7) is 0. The van der Waals surface area contributed by atoms with E-state index in [9.17, 15) is 8.42 Å². The molecule has 2 rings (SSSR count). The lowest BCUT2D eigenvalue weighted by Gasteiger charge is -1.97. The number of para-hydroxylation sites is 1. The van der Waals surface area contributed by atoms with Crippen LogP contribution in [0.15, 0.2) is 22.5 Å². The number of thiazole rings is 1. The molecule has 0 aliphatic heterocycles. The van der Waals surface area contributed by atoms with Crippen molar-refractivity contribution in [1.82, 2.24) is 4.98 Å². The van der Waals surface area contributed by atoms with Crippen molar-refractivity contribution in [3.63, 3.8) is 0 Å². The Morgan fingerprint density at radius 1 is 1.44 bits per heavy atom. The molecule has 1 aromatic carbocycles. The maximum absolute atomic E-state index is 10.9. The van der Waals surface area contributed by atoms with Crippen LogP contribution in [0.4, 0.5) is 0 Å². The van der Waals surface area contributed by atoms with E-state index in [2.05, 4.69) is 4.98 Å². The van der Waals surface area contributed by atoms with Crippen molar-refractivity contribution in [3.8, 4) is 0 Å². The molecular weight excluding hydrogens is 270 g/mol. The van der Waals surface area contributed by atoms with Gasteiger partial charge in [-0.3, -0.25) is 4.55 Å². The van der Waals surface area contributed by atoms with Gasteiger partial charge < -0.3 is 0 Å². The number of aryl methyl sites for hydroxylation is 1. The van der Waals surface area contributed by atoms with Crippen molar-refractivity contribution >= 4 is 43.3 Å². The third-order valence-electron chi connectivity index (χ3n) is 2.07. The second-order valence-corrected chi connectivity index (χ2v) is 6.16. The highest BCUT2D eigenvalue weighted by Gasteiger charge is 2.17. The normalized spacial score (nSPS) is 12.1. The molecule has 0 bridgehead atoms. The molecule has 0 aliphatic carbocycles. The minimum Gasteiger partial charge on any atom is -0.280 e. The molecule has 0 aliphatic rings. The molecule has 0 atom stereocenters. The first-order valence-electron chi connectivity index (χ1n) is 4.44. The number of rotatable bonds is 3. The van der Waals surface area contributed by atoms with Crippen molar-refractivity contribution in [2.75, 3.05) is 5.88 Å². The summed E-state index contributed by atoms with van der Waals surface area (Å²) in [5.74, 6) is 0.442. The highest BCUT2D eigenvalue weighted by molar-refractivity contribution is 7.88. The Kier molecular flexibility index (Phi) is 3.16. The van der Waals surface area contributed by atoms with Crippen LogP contribution < -0.4 is 0 Å². The van der Waals surface area contributed by atoms with Gasteiger partial charge in [-0.05, 0) is 18.1 Å². The van der Waals surface area contributed by atoms with E-state index in [1.165, 1.54) is 0 Å². The van der Waals surface area contributed by atoms with Crippen LogP contribution in [0.25, 0.3) is 10.2 Å². The Morgan fingerprint density at radius 3 is 2.81 bits per heavy atom. The molecule has 4 nitrogen and oxygen atoms in total. The summed E-state index contributed by atoms with van der Waals surface area (Å²) in [7, 11) is -4.22. The van der Waals surface area contributed by atoms with E-state index in [0.717, 1.165) is 21.6 Å². The van der Waals surface area contributed by atoms with Gasteiger partial charge in [-0.2, -0.15) is 8.42 Å². The molecule has 0 saturated heterocycles. The Hall–Kier alpha value is -0.690. The van der Waals surface area contributed by atoms with Crippen LogP contribution in [0.1, 0.15) is 5.56 Å². The molecule has 0 fully saturated rings. The van der Waals surface area contributed by atoms with Gasteiger partial charge in [0.15, 0.2) is 0 Å². The third-order valence-corrected chi connectivity index (χ3v) is 4.49. The highest BCUT2D eigenvalue weighted by atomic mass is 35.5. The van der Waals surface area contributed by atoms with Gasteiger partial charge in [-0.1, -0.05) is 12.1 Å². The maximum atomic E-state index is 10.9. The Balaban J connectivity index is 2.66. The molecule has 0 radical (unpaired) electrons. The number of halogens is 1. The second kappa shape index (κ2) is 4.29. The summed E-state index contributed by atoms with van der Waals surface area (Å²) in [4.78, 5) is 3.92. The molecule has 7 heteroatoms. The highest BCUT2D eigenvalue weighted by Crippen LogP contribution is 2.27. The van der Waals surface area contributed by atoms with Crippen molar-refractivity contribution in [1.29, 1.82) is 0 Å². The minimum atomic E-state index is -4.22. The molecule has 1 heterocycles. The first-order valence-corrected chi connectivity index (χ1v) is 7.23. The van der Waals surface area contributed by atoms with Crippen LogP contribution in [-0.4, -0.2) is 23.8 Å². The predicted octanol–water partition coefficient (Wildman–Crippen LogP) is 2.32. The largest absolute Gasteiger partial charge is 0.322 e. The fourth-order valence-electron chi connectivity index (χ4n) is 1.40. The molecule has 0 amide bonds. The molecule has 1 N–H and O–H groups in total. The van der Waals surface area contributed by atoms with Crippen LogP contribution in [-0.2, 0) is 16.5 Å². The van der Waals surface area contributed by atoms with Crippen molar-refractivity contribution in [3.05, 3.63) is 23.8 Å². The van der Waals surface area contributed by atoms with Gasteiger partial charge in [0.05, 0.1) is 10.2 Å². The number of alkyl halides is 1. The van der Waals surface area contributed by atoms with Gasteiger partial charge in [0.25, 0.3) is 0 Å². The van der Waals surface area contributed by atoms with Crippen molar-refractivity contribution in [2.45, 2.75) is 10.8 Å². The average Bonchev–Trinajstić information content (AvgIpc) is 2.62. The standard InChI is InChI=1S/C9H8ClNO3S2/c10-5-4-6-2-1-3-7-8(6)11-9(15-7)16(12,13)14/h1-3H,4-5H2,(H,12,13,14). The van der Waals surface area contributed by atoms with Gasteiger partial charge in [-0.15, -0.1) is 22.9 Å². The van der Waals surface area contributed by atoms with E-state index in [1.54, 1.807) is 6.07 Å². The summed E-state index contributed by atoms with van der Waals surface area (Å²) in [6.07, 6.45) is 0.619. The van der Waals surface area contributed by atoms with Crippen LogP contribution in [0.5, 0.6) is 0 Å². The maximum Gasteiger partial charge on any atom is 0.322 e. The number of benzene rings is 1. The Labute approximate surface area is 102 Å². The molecule has 0 saturated carbocycles. The Bertz CT molecular complexity index is 621. The zero-order valence-corrected chi connectivity index (χ0v) is 10.4. The van der Waals surface area contributed by atoms with Gasteiger partial charge in [0.1, 0.15) is 0 Å². The van der Waals surface area contributed by atoms with Crippen molar-refractivity contribution in [2.24, 2.45) is 0 Å². The first-order chi connectivity index (χ1) is 7.52. The molecule has 1 aromatic heterocycles. The summed E-state index contributed by atoms with van der Waals surface area (Å²) >= 11 is 6.59. The lowest BCUT2D eigenvalue weighted by Crippen LogP contribution is -1.96. The van der Waals surface area contributed by atoms with E-state index >= 15 is 0 Å². The number of hydrogen-bond acceptors (Lipinski definition) is 4. The molecule has 0 spiro atoms. The molecule has 0 unspecified atom stereocenters. The zero-order valence-electron chi connectivity index (χ0n) is 8.05. The van der Waals surface area contributed by atoms with Crippen molar-refractivity contribution < 1.29 is 13.0 Å². The van der Waals surface area contributed by atoms with Crippen LogP contribution in [0.3, 0.4) is 0 Å². The van der Waals surface area contributed by atoms with Crippen LogP contribution >= 0.6 is 22.9 Å². The average molecular weight is 278 g/mol. The van der Waals surface area contributed by atoms with E-state index in [1.807, 2.05) is 12.1 Å². The summed E-state index contributed by atoms with van der Waals surface area (Å²) in [5, 5.41) is 0. The lowest BCUT2D eigenvalue weighted by atomic mass is 10.1. The quantitative estimate of drug-likeness (QED) is 0.691. The Morgan fingerprint density at radius 2 is 2.19 bits per heavy atom. The number of aromatic nitrogens is 1. The third kappa shape index (κ3) is 2.20. The summed E-state index contributed by atoms with van der Waals surface area (Å²) in [5.41, 5.74) is 1.49. The number of hydrogen-bond donors (Lipinski definition) is 1. The molecule has 16 heavy (non-hydrogen) atoms. The summed E-state index contributed by atoms with van der Waals surface area (Å²) < 4.78 is 31.3. The van der Waals surface area contributed by atoms with Gasteiger partial charge in [0.2, 0.25) is 4.34 Å². The molecule has 86 valence electrons. The number of nitrogens with zero attached hydrogens (tertiary/aromatic N) is 1. The molecule has 2 aromatic rings. The molecular formula is C9H8ClNO3S2. The van der Waals surface area contributed by atoms with Gasteiger partial charge in [0, 0.05) is 5.88 Å². The zero-order chi connectivity index (χ0) is 11.8. The fourth-order valence-corrected chi connectivity index (χ4v) is 3.24. The number of fused-ring (bicyclic) bond motifs is 1. The van der Waals surface area contributed by atoms with E-state index < -0.39 is 10.1 Å². The SMILES string of the molecule is O=S(=O)(O)c1nc2c(CCCl)cccc2s1.